The van der Waals surface area contributed by atoms with Crippen molar-refractivity contribution in [2.24, 2.45) is 0 Å². The summed E-state index contributed by atoms with van der Waals surface area (Å²) >= 11 is 14.8. The number of thioether (sulfide) groups is 1. The lowest BCUT2D eigenvalue weighted by Gasteiger charge is -2.13. The van der Waals surface area contributed by atoms with E-state index >= 15 is 0 Å². The fourth-order valence-corrected chi connectivity index (χ4v) is 6.55. The predicted octanol–water partition coefficient (Wildman–Crippen LogP) is 9.41. The maximum Gasteiger partial charge on any atom is 0.272 e. The number of nitrogens with one attached hydrogen (secondary N) is 3. The maximum absolute atomic E-state index is 13.7. The number of carbonyl (C=O) groups excluding carboxylic acids is 3. The first-order valence-corrected chi connectivity index (χ1v) is 17.3. The number of thiazole rings is 1. The number of carbonyl (C=O) groups is 3. The highest BCUT2D eigenvalue weighted by atomic mass is 35.5. The average molecular weight is 710 g/mol. The highest BCUT2D eigenvalue weighted by molar-refractivity contribution is 8.00. The quantitative estimate of drug-likeness (QED) is 0.0973. The molecule has 6 rings (SSSR count). The molecule has 0 saturated carbocycles. The van der Waals surface area contributed by atoms with Crippen LogP contribution in [0.4, 0.5) is 10.8 Å². The molecule has 0 aliphatic carbocycles. The van der Waals surface area contributed by atoms with Gasteiger partial charge in [0, 0.05) is 27.1 Å². The summed E-state index contributed by atoms with van der Waals surface area (Å²) in [6, 6.07) is 34.7. The van der Waals surface area contributed by atoms with Gasteiger partial charge in [-0.2, -0.15) is 0 Å². The number of rotatable bonds is 10. The topological polar surface area (TPSA) is 100 Å². The third-order valence-corrected chi connectivity index (χ3v) is 9.57. The molecule has 0 atom stereocenters. The van der Waals surface area contributed by atoms with Crippen molar-refractivity contribution in [3.63, 3.8) is 0 Å². The minimum atomic E-state index is -0.492. The third-order valence-electron chi connectivity index (χ3n) is 7.08. The molecule has 5 aromatic carbocycles. The Balaban J connectivity index is 1.13. The second kappa shape index (κ2) is 15.3. The van der Waals surface area contributed by atoms with Crippen molar-refractivity contribution in [2.75, 3.05) is 16.4 Å². The van der Waals surface area contributed by atoms with Crippen LogP contribution in [0.3, 0.4) is 0 Å². The van der Waals surface area contributed by atoms with Gasteiger partial charge < -0.3 is 16.0 Å². The summed E-state index contributed by atoms with van der Waals surface area (Å²) in [5, 5.41) is 13.7. The number of benzene rings is 5. The molecular formula is C37H26Cl2N4O3S2. The van der Waals surface area contributed by atoms with E-state index in [-0.39, 0.29) is 17.4 Å². The zero-order valence-corrected chi connectivity index (χ0v) is 28.2. The molecule has 3 N–H and O–H groups in total. The van der Waals surface area contributed by atoms with Gasteiger partial charge in [-0.25, -0.2) is 4.98 Å². The summed E-state index contributed by atoms with van der Waals surface area (Å²) in [6.45, 7) is 0. The van der Waals surface area contributed by atoms with Gasteiger partial charge >= 0.3 is 0 Å². The van der Waals surface area contributed by atoms with E-state index < -0.39 is 11.8 Å². The summed E-state index contributed by atoms with van der Waals surface area (Å²) in [5.74, 6) is -1.00. The van der Waals surface area contributed by atoms with E-state index in [9.17, 15) is 14.4 Å². The SMILES string of the molecule is O=C(CSc1cccc(NC(=O)/C(=C\c2cccc3ccccc23)NC(=O)c2ccccc2)c1)Nc1nc(-c2ccc(Cl)c(Cl)c2)cs1. The zero-order chi connectivity index (χ0) is 33.5. The van der Waals surface area contributed by atoms with Gasteiger partial charge in [0.05, 0.1) is 21.5 Å². The van der Waals surface area contributed by atoms with Crippen LogP contribution < -0.4 is 16.0 Å². The lowest BCUT2D eigenvalue weighted by molar-refractivity contribution is -0.114. The van der Waals surface area contributed by atoms with Crippen LogP contribution in [-0.4, -0.2) is 28.5 Å². The summed E-state index contributed by atoms with van der Waals surface area (Å²) in [7, 11) is 0. The van der Waals surface area contributed by atoms with Crippen LogP contribution in [0.25, 0.3) is 28.1 Å². The second-order valence-electron chi connectivity index (χ2n) is 10.4. The van der Waals surface area contributed by atoms with Gasteiger partial charge in [0.15, 0.2) is 5.13 Å². The van der Waals surface area contributed by atoms with Crippen LogP contribution in [0.2, 0.25) is 10.0 Å². The molecule has 0 aliphatic rings. The number of amides is 3. The average Bonchev–Trinajstić information content (AvgIpc) is 3.57. The predicted molar refractivity (Wildman–Crippen MR) is 198 cm³/mol. The van der Waals surface area contributed by atoms with E-state index in [1.165, 1.54) is 23.1 Å². The first-order chi connectivity index (χ1) is 23.3. The lowest BCUT2D eigenvalue weighted by Crippen LogP contribution is -2.30. The van der Waals surface area contributed by atoms with Gasteiger partial charge in [-0.05, 0) is 64.9 Å². The Bertz CT molecular complexity index is 2160. The largest absolute Gasteiger partial charge is 0.321 e. The highest BCUT2D eigenvalue weighted by Gasteiger charge is 2.16. The summed E-state index contributed by atoms with van der Waals surface area (Å²) < 4.78 is 0. The smallest absolute Gasteiger partial charge is 0.272 e. The second-order valence-corrected chi connectivity index (χ2v) is 13.2. The number of nitrogens with zero attached hydrogens (tertiary/aromatic N) is 1. The molecular weight excluding hydrogens is 683 g/mol. The molecule has 1 aromatic heterocycles. The number of hydrogen-bond donors (Lipinski definition) is 3. The molecule has 7 nitrogen and oxygen atoms in total. The van der Waals surface area contributed by atoms with Crippen molar-refractivity contribution in [2.45, 2.75) is 4.90 Å². The molecule has 48 heavy (non-hydrogen) atoms. The van der Waals surface area contributed by atoms with Crippen molar-refractivity contribution in [1.29, 1.82) is 0 Å². The van der Waals surface area contributed by atoms with Crippen molar-refractivity contribution in [1.82, 2.24) is 10.3 Å². The minimum absolute atomic E-state index is 0.0846. The Morgan fingerprint density at radius 3 is 2.40 bits per heavy atom. The van der Waals surface area contributed by atoms with Crippen LogP contribution in [-0.2, 0) is 9.59 Å². The number of halogens is 2. The van der Waals surface area contributed by atoms with Gasteiger partial charge in [-0.15, -0.1) is 23.1 Å². The fourth-order valence-electron chi connectivity index (χ4n) is 4.76. The van der Waals surface area contributed by atoms with Crippen LogP contribution in [0, 0.1) is 0 Å². The van der Waals surface area contributed by atoms with Crippen LogP contribution in [0.1, 0.15) is 15.9 Å². The summed E-state index contributed by atoms with van der Waals surface area (Å²) in [4.78, 5) is 44.8. The fraction of sp³-hybridized carbons (Fsp3) is 0.0270. The zero-order valence-electron chi connectivity index (χ0n) is 25.1. The Hall–Kier alpha value is -4.93. The molecule has 238 valence electrons. The Morgan fingerprint density at radius 2 is 1.56 bits per heavy atom. The van der Waals surface area contributed by atoms with Crippen LogP contribution in [0.5, 0.6) is 0 Å². The molecule has 0 aliphatic heterocycles. The molecule has 3 amide bonds. The van der Waals surface area contributed by atoms with E-state index in [1.54, 1.807) is 60.7 Å². The van der Waals surface area contributed by atoms with Gasteiger partial charge in [0.25, 0.3) is 11.8 Å². The van der Waals surface area contributed by atoms with E-state index in [4.69, 9.17) is 23.2 Å². The maximum atomic E-state index is 13.7. The molecule has 0 fully saturated rings. The van der Waals surface area contributed by atoms with Gasteiger partial charge in [-0.1, -0.05) is 96.0 Å². The molecule has 0 unspecified atom stereocenters. The number of anilines is 2. The van der Waals surface area contributed by atoms with Crippen LogP contribution >= 0.6 is 46.3 Å². The molecule has 11 heteroatoms. The monoisotopic (exact) mass is 708 g/mol. The van der Waals surface area contributed by atoms with Gasteiger partial charge in [-0.3, -0.25) is 14.4 Å². The standard InChI is InChI=1S/C37H26Cl2N4O3S2/c38-30-17-16-26(18-31(30)39)33-21-48-37(42-33)43-34(44)22-47-28-14-7-13-27(20-28)40-36(46)32(41-35(45)24-9-2-1-3-10-24)19-25-12-6-11-23-8-4-5-15-29(23)25/h1-21H,22H2,(H,40,46)(H,41,45)(H,42,43,44)/b32-19+. The summed E-state index contributed by atoms with van der Waals surface area (Å²) in [6.07, 6.45) is 1.67. The highest BCUT2D eigenvalue weighted by Crippen LogP contribution is 2.31. The number of hydrogen-bond acceptors (Lipinski definition) is 6. The molecule has 6 aromatic rings. The van der Waals surface area contributed by atoms with Crippen molar-refractivity contribution < 1.29 is 14.4 Å². The Kier molecular flexibility index (Phi) is 10.5. The van der Waals surface area contributed by atoms with E-state index in [0.717, 1.165) is 26.8 Å². The van der Waals surface area contributed by atoms with E-state index in [0.29, 0.717) is 32.1 Å². The molecule has 0 bridgehead atoms. The van der Waals surface area contributed by atoms with Crippen molar-refractivity contribution >= 4 is 91.7 Å². The van der Waals surface area contributed by atoms with E-state index in [1.807, 2.05) is 66.0 Å². The van der Waals surface area contributed by atoms with Gasteiger partial charge in [0.1, 0.15) is 5.70 Å². The van der Waals surface area contributed by atoms with Gasteiger partial charge in [0.2, 0.25) is 5.91 Å². The normalized spacial score (nSPS) is 11.2. The molecule has 0 spiro atoms. The third kappa shape index (κ3) is 8.31. The molecule has 0 saturated heterocycles. The summed E-state index contributed by atoms with van der Waals surface area (Å²) in [5.41, 5.74) is 3.28. The van der Waals surface area contributed by atoms with Crippen molar-refractivity contribution in [3.05, 3.63) is 148 Å². The molecule has 0 radical (unpaired) electrons. The van der Waals surface area contributed by atoms with Crippen LogP contribution in [0.15, 0.2) is 131 Å². The van der Waals surface area contributed by atoms with E-state index in [2.05, 4.69) is 20.9 Å². The molecule has 1 heterocycles. The lowest BCUT2D eigenvalue weighted by atomic mass is 10.0. The Labute approximate surface area is 295 Å². The first-order valence-electron chi connectivity index (χ1n) is 14.6. The Morgan fingerprint density at radius 1 is 0.792 bits per heavy atom. The van der Waals surface area contributed by atoms with Crippen molar-refractivity contribution in [3.8, 4) is 11.3 Å². The number of aromatic nitrogens is 1. The minimum Gasteiger partial charge on any atom is -0.321 e. The number of fused-ring (bicyclic) bond motifs is 1. The first kappa shape index (κ1) is 33.0.